The lowest BCUT2D eigenvalue weighted by molar-refractivity contribution is -0.704. The van der Waals surface area contributed by atoms with E-state index in [1.807, 2.05) is 12.4 Å². The van der Waals surface area contributed by atoms with Gasteiger partial charge in [0.25, 0.3) is 5.82 Å². The summed E-state index contributed by atoms with van der Waals surface area (Å²) in [6, 6.07) is 0. The Kier molecular flexibility index (Phi) is 4.49. The third-order valence-electron chi connectivity index (χ3n) is 1.93. The van der Waals surface area contributed by atoms with Gasteiger partial charge in [-0.3, -0.25) is 0 Å². The van der Waals surface area contributed by atoms with Gasteiger partial charge >= 0.3 is 0 Å². The van der Waals surface area contributed by atoms with E-state index in [0.29, 0.717) is 0 Å². The van der Waals surface area contributed by atoms with Gasteiger partial charge in [-0.15, -0.1) is 0 Å². The molecule has 0 atom stereocenters. The van der Waals surface area contributed by atoms with Gasteiger partial charge in [-0.25, -0.2) is 9.55 Å². The minimum Gasteiger partial charge on any atom is -0.384 e. The normalized spacial score (nSPS) is 10.6. The first-order valence-electron chi connectivity index (χ1n) is 4.42. The van der Waals surface area contributed by atoms with E-state index in [0.717, 1.165) is 26.2 Å². The molecule has 1 heterocycles. The van der Waals surface area contributed by atoms with Crippen molar-refractivity contribution in [3.8, 4) is 0 Å². The van der Waals surface area contributed by atoms with Crippen LogP contribution in [0.5, 0.6) is 0 Å². The van der Waals surface area contributed by atoms with Gasteiger partial charge in [-0.1, -0.05) is 0 Å². The molecule has 0 aliphatic carbocycles. The molecule has 0 aliphatic heterocycles. The molecule has 0 spiro atoms. The van der Waals surface area contributed by atoms with Gasteiger partial charge in [0.2, 0.25) is 0 Å². The lowest BCUT2D eigenvalue weighted by Gasteiger charge is -1.99. The summed E-state index contributed by atoms with van der Waals surface area (Å²) >= 11 is 0. The van der Waals surface area contributed by atoms with Crippen molar-refractivity contribution >= 4 is 0 Å². The van der Waals surface area contributed by atoms with Crippen LogP contribution in [0.25, 0.3) is 0 Å². The standard InChI is InChI=1S/C9H16N2O2/c1-12-7-3-9-10-4-5-11(9)6-8-13-2/h4-5H,3,6-8H2,1-2H3/p+1. The molecular weight excluding hydrogens is 168 g/mol. The van der Waals surface area contributed by atoms with E-state index in [-0.39, 0.29) is 0 Å². The van der Waals surface area contributed by atoms with Gasteiger partial charge in [0.05, 0.1) is 19.6 Å². The molecular formula is C9H17N2O2+. The average molecular weight is 185 g/mol. The zero-order valence-corrected chi connectivity index (χ0v) is 8.25. The number of hydrogen-bond acceptors (Lipinski definition) is 2. The Morgan fingerprint density at radius 1 is 1.31 bits per heavy atom. The Morgan fingerprint density at radius 3 is 2.77 bits per heavy atom. The van der Waals surface area contributed by atoms with Gasteiger partial charge in [0.1, 0.15) is 18.9 Å². The van der Waals surface area contributed by atoms with Crippen LogP contribution < -0.4 is 4.57 Å². The monoisotopic (exact) mass is 185 g/mol. The molecule has 0 aromatic carbocycles. The molecule has 1 aromatic heterocycles. The summed E-state index contributed by atoms with van der Waals surface area (Å²) < 4.78 is 12.2. The van der Waals surface area contributed by atoms with Gasteiger partial charge in [0, 0.05) is 14.2 Å². The fourth-order valence-corrected chi connectivity index (χ4v) is 1.21. The van der Waals surface area contributed by atoms with Crippen molar-refractivity contribution in [1.82, 2.24) is 4.98 Å². The number of hydrogen-bond donors (Lipinski definition) is 1. The highest BCUT2D eigenvalue weighted by molar-refractivity contribution is 4.77. The summed E-state index contributed by atoms with van der Waals surface area (Å²) in [6.45, 7) is 2.37. The molecule has 74 valence electrons. The van der Waals surface area contributed by atoms with E-state index in [9.17, 15) is 0 Å². The Bertz CT molecular complexity index is 213. The van der Waals surface area contributed by atoms with Crippen LogP contribution in [0.3, 0.4) is 0 Å². The maximum absolute atomic E-state index is 5.01. The first-order valence-corrected chi connectivity index (χ1v) is 4.42. The van der Waals surface area contributed by atoms with E-state index in [1.165, 1.54) is 5.82 Å². The molecule has 0 amide bonds. The SMILES string of the molecule is COCCc1[nH]cc[n+]1CCOC. The van der Waals surface area contributed by atoms with Crippen molar-refractivity contribution in [2.24, 2.45) is 0 Å². The van der Waals surface area contributed by atoms with Crippen LogP contribution in [0.15, 0.2) is 12.4 Å². The quantitative estimate of drug-likeness (QED) is 0.640. The predicted molar refractivity (Wildman–Crippen MR) is 48.4 cm³/mol. The molecule has 0 saturated carbocycles. The summed E-state index contributed by atoms with van der Waals surface area (Å²) in [7, 11) is 3.42. The number of nitrogens with one attached hydrogen (secondary N) is 1. The van der Waals surface area contributed by atoms with E-state index < -0.39 is 0 Å². The molecule has 4 heteroatoms. The summed E-state index contributed by atoms with van der Waals surface area (Å²) in [5.41, 5.74) is 0. The molecule has 0 aliphatic rings. The van der Waals surface area contributed by atoms with Crippen LogP contribution in [-0.2, 0) is 22.4 Å². The number of H-pyrrole nitrogens is 1. The van der Waals surface area contributed by atoms with Crippen molar-refractivity contribution in [1.29, 1.82) is 0 Å². The second-order valence-electron chi connectivity index (χ2n) is 2.84. The third kappa shape index (κ3) is 3.16. The summed E-state index contributed by atoms with van der Waals surface area (Å²) in [6.07, 6.45) is 4.86. The lowest BCUT2D eigenvalue weighted by Crippen LogP contribution is -2.38. The summed E-state index contributed by atoms with van der Waals surface area (Å²) in [4.78, 5) is 3.18. The Hall–Kier alpha value is -0.870. The Labute approximate surface area is 78.5 Å². The molecule has 0 unspecified atom stereocenters. The van der Waals surface area contributed by atoms with Crippen LogP contribution in [0.4, 0.5) is 0 Å². The Morgan fingerprint density at radius 2 is 2.08 bits per heavy atom. The molecule has 4 nitrogen and oxygen atoms in total. The van der Waals surface area contributed by atoms with E-state index in [4.69, 9.17) is 9.47 Å². The maximum atomic E-state index is 5.01. The van der Waals surface area contributed by atoms with Crippen molar-refractivity contribution in [2.45, 2.75) is 13.0 Å². The number of imidazole rings is 1. The van der Waals surface area contributed by atoms with Crippen molar-refractivity contribution in [3.05, 3.63) is 18.2 Å². The largest absolute Gasteiger partial charge is 0.384 e. The molecule has 1 rings (SSSR count). The van der Waals surface area contributed by atoms with Crippen LogP contribution in [0.2, 0.25) is 0 Å². The average Bonchev–Trinajstić information content (AvgIpc) is 2.59. The van der Waals surface area contributed by atoms with Crippen molar-refractivity contribution in [3.63, 3.8) is 0 Å². The zero-order valence-electron chi connectivity index (χ0n) is 8.25. The number of rotatable bonds is 6. The Balaban J connectivity index is 2.45. The number of ether oxygens (including phenoxy) is 2. The summed E-state index contributed by atoms with van der Waals surface area (Å²) in [5.74, 6) is 1.18. The highest BCUT2D eigenvalue weighted by Gasteiger charge is 2.08. The first-order chi connectivity index (χ1) is 6.38. The molecule has 0 fully saturated rings. The number of aromatic nitrogens is 2. The van der Waals surface area contributed by atoms with Gasteiger partial charge in [-0.05, 0) is 0 Å². The predicted octanol–water partition coefficient (Wildman–Crippen LogP) is 0.138. The molecule has 1 aromatic rings. The fourth-order valence-electron chi connectivity index (χ4n) is 1.21. The zero-order chi connectivity index (χ0) is 9.52. The van der Waals surface area contributed by atoms with E-state index in [2.05, 4.69) is 9.55 Å². The lowest BCUT2D eigenvalue weighted by atomic mass is 10.4. The second kappa shape index (κ2) is 5.72. The molecule has 1 N–H and O–H groups in total. The smallest absolute Gasteiger partial charge is 0.256 e. The van der Waals surface area contributed by atoms with Crippen LogP contribution >= 0.6 is 0 Å². The highest BCUT2D eigenvalue weighted by atomic mass is 16.5. The van der Waals surface area contributed by atoms with E-state index >= 15 is 0 Å². The second-order valence-corrected chi connectivity index (χ2v) is 2.84. The van der Waals surface area contributed by atoms with Gasteiger partial charge in [-0.2, -0.15) is 0 Å². The van der Waals surface area contributed by atoms with Crippen molar-refractivity contribution < 1.29 is 14.0 Å². The van der Waals surface area contributed by atoms with Crippen LogP contribution in [0, 0.1) is 0 Å². The molecule has 0 saturated heterocycles. The minimum absolute atomic E-state index is 0.739. The number of aromatic amines is 1. The fraction of sp³-hybridized carbons (Fsp3) is 0.667. The van der Waals surface area contributed by atoms with Gasteiger partial charge in [0.15, 0.2) is 0 Å². The maximum Gasteiger partial charge on any atom is 0.256 e. The van der Waals surface area contributed by atoms with Crippen LogP contribution in [-0.4, -0.2) is 32.4 Å². The van der Waals surface area contributed by atoms with Gasteiger partial charge < -0.3 is 9.47 Å². The summed E-state index contributed by atoms with van der Waals surface area (Å²) in [5, 5.41) is 0. The first kappa shape index (κ1) is 10.2. The highest BCUT2D eigenvalue weighted by Crippen LogP contribution is 1.89. The molecule has 0 radical (unpaired) electrons. The number of nitrogens with zero attached hydrogens (tertiary/aromatic N) is 1. The van der Waals surface area contributed by atoms with Crippen LogP contribution in [0.1, 0.15) is 5.82 Å². The molecule has 0 bridgehead atoms. The topological polar surface area (TPSA) is 38.1 Å². The van der Waals surface area contributed by atoms with E-state index in [1.54, 1.807) is 14.2 Å². The number of methoxy groups -OCH3 is 2. The van der Waals surface area contributed by atoms with Crippen molar-refractivity contribution in [2.75, 3.05) is 27.4 Å². The molecule has 13 heavy (non-hydrogen) atoms. The minimum atomic E-state index is 0.739. The third-order valence-corrected chi connectivity index (χ3v) is 1.93.